The Hall–Kier alpha value is -4.68. The van der Waals surface area contributed by atoms with Crippen LogP contribution in [0.4, 0.5) is 14.9 Å². The minimum absolute atomic E-state index is 0.0186. The maximum Gasteiger partial charge on any atom is 0.407 e. The molecule has 0 fully saturated rings. The summed E-state index contributed by atoms with van der Waals surface area (Å²) in [5, 5.41) is 11.9. The van der Waals surface area contributed by atoms with Gasteiger partial charge >= 0.3 is 6.09 Å². The highest BCUT2D eigenvalue weighted by molar-refractivity contribution is 5.92. The van der Waals surface area contributed by atoms with Crippen LogP contribution in [0, 0.1) is 17.7 Å². The summed E-state index contributed by atoms with van der Waals surface area (Å²) in [6, 6.07) is 4.76. The van der Waals surface area contributed by atoms with Gasteiger partial charge in [0.25, 0.3) is 5.56 Å². The third kappa shape index (κ3) is 8.41. The van der Waals surface area contributed by atoms with Gasteiger partial charge < -0.3 is 34.5 Å². The highest BCUT2D eigenvalue weighted by Gasteiger charge is 2.23. The average molecular weight is 585 g/mol. The van der Waals surface area contributed by atoms with Gasteiger partial charge in [-0.15, -0.1) is 0 Å². The normalized spacial score (nSPS) is 12.1. The third-order valence-electron chi connectivity index (χ3n) is 6.37. The molecule has 0 bridgehead atoms. The molecule has 0 saturated carbocycles. The van der Waals surface area contributed by atoms with Gasteiger partial charge in [-0.25, -0.2) is 9.18 Å². The van der Waals surface area contributed by atoms with Crippen molar-refractivity contribution in [2.24, 2.45) is 11.8 Å². The van der Waals surface area contributed by atoms with Crippen LogP contribution in [0.2, 0.25) is 0 Å². The van der Waals surface area contributed by atoms with Gasteiger partial charge in [0.15, 0.2) is 11.6 Å². The molecular formula is C29H37FN6O6. The molecule has 0 aliphatic heterocycles. The van der Waals surface area contributed by atoms with Crippen LogP contribution in [-0.2, 0) is 16.1 Å². The van der Waals surface area contributed by atoms with E-state index in [1.807, 2.05) is 13.8 Å². The molecule has 0 aromatic carbocycles. The number of rotatable bonds is 13. The Labute approximate surface area is 242 Å². The fraction of sp³-hybridized carbons (Fsp3) is 0.414. The summed E-state index contributed by atoms with van der Waals surface area (Å²) in [5.74, 6) is -1.86. The minimum atomic E-state index is -1.20. The fourth-order valence-electron chi connectivity index (χ4n) is 4.07. The zero-order valence-corrected chi connectivity index (χ0v) is 24.4. The first-order valence-electron chi connectivity index (χ1n) is 13.5. The lowest BCUT2D eigenvalue weighted by Crippen LogP contribution is -2.37. The van der Waals surface area contributed by atoms with E-state index in [0.717, 1.165) is 11.1 Å². The van der Waals surface area contributed by atoms with Crippen LogP contribution < -0.4 is 15.6 Å². The number of carbonyl (C=O) groups is 3. The van der Waals surface area contributed by atoms with Crippen LogP contribution in [0.5, 0.6) is 5.75 Å². The highest BCUT2D eigenvalue weighted by Crippen LogP contribution is 2.28. The molecule has 3 rings (SSSR count). The van der Waals surface area contributed by atoms with Gasteiger partial charge in [0.05, 0.1) is 30.8 Å². The summed E-state index contributed by atoms with van der Waals surface area (Å²) in [5.41, 5.74) is 0.971. The van der Waals surface area contributed by atoms with E-state index in [1.54, 1.807) is 38.5 Å². The number of pyridine rings is 2. The van der Waals surface area contributed by atoms with Crippen molar-refractivity contribution in [3.8, 4) is 5.75 Å². The van der Waals surface area contributed by atoms with E-state index in [1.165, 1.54) is 28.7 Å². The summed E-state index contributed by atoms with van der Waals surface area (Å²) >= 11 is 0. The van der Waals surface area contributed by atoms with Gasteiger partial charge in [0, 0.05) is 39.6 Å². The molecule has 0 radical (unpaired) electrons. The Kier molecular flexibility index (Phi) is 10.8. The van der Waals surface area contributed by atoms with Crippen LogP contribution in [-0.4, -0.2) is 81.6 Å². The van der Waals surface area contributed by atoms with Gasteiger partial charge in [-0.3, -0.25) is 19.4 Å². The number of carboxylic acid groups (broad SMARTS) is 1. The second kappa shape index (κ2) is 14.3. The van der Waals surface area contributed by atoms with Gasteiger partial charge in [-0.2, -0.15) is 0 Å². The summed E-state index contributed by atoms with van der Waals surface area (Å²) in [6.45, 7) is 4.21. The monoisotopic (exact) mass is 584 g/mol. The number of halogens is 1. The van der Waals surface area contributed by atoms with E-state index >= 15 is 0 Å². The smallest absolute Gasteiger partial charge is 0.407 e. The molecule has 12 nitrogen and oxygen atoms in total. The molecule has 3 amide bonds. The summed E-state index contributed by atoms with van der Waals surface area (Å²) in [6.07, 6.45) is 5.06. The van der Waals surface area contributed by atoms with E-state index in [0.29, 0.717) is 29.8 Å². The Morgan fingerprint density at radius 1 is 1.26 bits per heavy atom. The number of nitrogens with zero attached hydrogens (tertiary/aromatic N) is 4. The molecule has 0 spiro atoms. The van der Waals surface area contributed by atoms with Crippen LogP contribution in [0.25, 0.3) is 11.0 Å². The van der Waals surface area contributed by atoms with Crippen LogP contribution in [0.3, 0.4) is 0 Å². The van der Waals surface area contributed by atoms with Crippen molar-refractivity contribution < 1.29 is 28.6 Å². The van der Waals surface area contributed by atoms with Gasteiger partial charge in [0.1, 0.15) is 11.2 Å². The predicted molar refractivity (Wildman–Crippen MR) is 156 cm³/mol. The second-order valence-corrected chi connectivity index (χ2v) is 10.6. The molecule has 42 heavy (non-hydrogen) atoms. The number of carbonyl (C=O) groups excluding carboxylic acids is 2. The maximum absolute atomic E-state index is 14.4. The molecule has 3 heterocycles. The SMILES string of the molecule is CC(C)COc1c(F)cnc2cc(Cn3cccc(NC(=O)[C@@H](CC/C=C/C(=O)N(C)C)CN(C)C(=O)O)c3=O)[nH]c12. The largest absolute Gasteiger partial charge is 0.488 e. The molecule has 3 aromatic heterocycles. The number of hydrogen-bond acceptors (Lipinski definition) is 6. The molecule has 0 unspecified atom stereocenters. The first kappa shape index (κ1) is 31.8. The minimum Gasteiger partial charge on any atom is -0.488 e. The molecule has 226 valence electrons. The number of aromatic nitrogens is 3. The Balaban J connectivity index is 1.78. The third-order valence-corrected chi connectivity index (χ3v) is 6.37. The van der Waals surface area contributed by atoms with Crippen molar-refractivity contribution >= 4 is 34.6 Å². The van der Waals surface area contributed by atoms with E-state index in [2.05, 4.69) is 15.3 Å². The summed E-state index contributed by atoms with van der Waals surface area (Å²) in [7, 11) is 4.58. The number of nitrogens with one attached hydrogen (secondary N) is 2. The van der Waals surface area contributed by atoms with Crippen molar-refractivity contribution in [2.45, 2.75) is 33.2 Å². The van der Waals surface area contributed by atoms with E-state index in [-0.39, 0.29) is 42.8 Å². The molecule has 1 atom stereocenters. The van der Waals surface area contributed by atoms with E-state index in [4.69, 9.17) is 4.74 Å². The molecule has 0 aliphatic carbocycles. The summed E-state index contributed by atoms with van der Waals surface area (Å²) < 4.78 is 21.5. The molecule has 13 heteroatoms. The van der Waals surface area contributed by atoms with Gasteiger partial charge in [-0.1, -0.05) is 19.9 Å². The zero-order valence-electron chi connectivity index (χ0n) is 24.4. The van der Waals surface area contributed by atoms with E-state index < -0.39 is 29.3 Å². The number of amides is 3. The lowest BCUT2D eigenvalue weighted by atomic mass is 10.0. The lowest BCUT2D eigenvalue weighted by molar-refractivity contribution is -0.123. The molecule has 3 N–H and O–H groups in total. The lowest BCUT2D eigenvalue weighted by Gasteiger charge is -2.21. The van der Waals surface area contributed by atoms with Crippen molar-refractivity contribution in [2.75, 3.05) is 39.6 Å². The Bertz CT molecular complexity index is 1510. The zero-order chi connectivity index (χ0) is 31.0. The number of anilines is 1. The predicted octanol–water partition coefficient (Wildman–Crippen LogP) is 3.54. The number of ether oxygens (including phenoxy) is 1. The van der Waals surface area contributed by atoms with Gasteiger partial charge in [-0.05, 0) is 43.0 Å². The highest BCUT2D eigenvalue weighted by atomic mass is 19.1. The Morgan fingerprint density at radius 3 is 2.67 bits per heavy atom. The molecular weight excluding hydrogens is 547 g/mol. The van der Waals surface area contributed by atoms with Crippen LogP contribution in [0.1, 0.15) is 32.4 Å². The average Bonchev–Trinajstić information content (AvgIpc) is 3.34. The number of fused-ring (bicyclic) bond motifs is 1. The van der Waals surface area contributed by atoms with Crippen LogP contribution >= 0.6 is 0 Å². The van der Waals surface area contributed by atoms with Crippen molar-refractivity contribution in [3.63, 3.8) is 0 Å². The van der Waals surface area contributed by atoms with Crippen molar-refractivity contribution in [1.82, 2.24) is 24.3 Å². The fourth-order valence-corrected chi connectivity index (χ4v) is 4.07. The van der Waals surface area contributed by atoms with Crippen LogP contribution in [0.15, 0.2) is 47.5 Å². The Morgan fingerprint density at radius 2 is 2.00 bits per heavy atom. The standard InChI is InChI=1S/C29H37FN6O6/c1-18(2)17-42-26-21(30)14-31-23-13-20(32-25(23)26)16-36-12-8-10-22(28(36)39)33-27(38)19(15-35(5)29(40)41)9-6-7-11-24(37)34(3)4/h7-8,10-14,18-19,32H,6,9,15-17H2,1-5H3,(H,33,38)(H,40,41)/b11-7+/t19-/m0/s1. The van der Waals surface area contributed by atoms with Crippen molar-refractivity contribution in [1.29, 1.82) is 0 Å². The number of aromatic amines is 1. The molecule has 0 saturated heterocycles. The maximum atomic E-state index is 14.4. The van der Waals surface area contributed by atoms with Gasteiger partial charge in [0.2, 0.25) is 11.8 Å². The number of allylic oxidation sites excluding steroid dienone is 1. The first-order valence-corrected chi connectivity index (χ1v) is 13.5. The number of H-pyrrole nitrogens is 1. The summed E-state index contributed by atoms with van der Waals surface area (Å²) in [4.78, 5) is 59.2. The van der Waals surface area contributed by atoms with E-state index in [9.17, 15) is 28.7 Å². The molecule has 3 aromatic rings. The molecule has 0 aliphatic rings. The van der Waals surface area contributed by atoms with Crippen molar-refractivity contribution in [3.05, 3.63) is 64.6 Å². The quantitative estimate of drug-likeness (QED) is 0.260. The topological polar surface area (TPSA) is 150 Å². The first-order chi connectivity index (χ1) is 19.9. The second-order valence-electron chi connectivity index (χ2n) is 10.6. The number of hydrogen-bond donors (Lipinski definition) is 3. The number of likely N-dealkylation sites (N-methyl/N-ethyl adjacent to an activating group) is 1.